The van der Waals surface area contributed by atoms with Gasteiger partial charge in [0.2, 0.25) is 5.91 Å². The van der Waals surface area contributed by atoms with Gasteiger partial charge in [0.1, 0.15) is 5.75 Å². The van der Waals surface area contributed by atoms with Crippen molar-refractivity contribution in [3.63, 3.8) is 0 Å². The molecule has 3 N–H and O–H groups in total. The average molecular weight is 234 g/mol. The number of sulfone groups is 1. The van der Waals surface area contributed by atoms with E-state index in [1.54, 1.807) is 0 Å². The molecule has 2 atom stereocenters. The van der Waals surface area contributed by atoms with Crippen molar-refractivity contribution in [1.29, 1.82) is 0 Å². The minimum absolute atomic E-state index is 0.0595. The van der Waals surface area contributed by atoms with Crippen LogP contribution in [0.3, 0.4) is 0 Å². The highest BCUT2D eigenvalue weighted by atomic mass is 32.2. The monoisotopic (exact) mass is 234 g/mol. The van der Waals surface area contributed by atoms with E-state index in [1.807, 2.05) is 0 Å². The van der Waals surface area contributed by atoms with E-state index in [2.05, 4.69) is 5.32 Å². The van der Waals surface area contributed by atoms with Crippen LogP contribution in [0.4, 0.5) is 0 Å². The Kier molecular flexibility index (Phi) is 4.10. The highest BCUT2D eigenvalue weighted by Crippen LogP contribution is 2.24. The first kappa shape index (κ1) is 12.4. The molecule has 0 aromatic carbocycles. The molecule has 1 amide bonds. The van der Waals surface area contributed by atoms with E-state index in [4.69, 9.17) is 5.73 Å². The van der Waals surface area contributed by atoms with Gasteiger partial charge in [-0.15, -0.1) is 0 Å². The maximum absolute atomic E-state index is 11.3. The van der Waals surface area contributed by atoms with Gasteiger partial charge in [-0.25, -0.2) is 8.42 Å². The second-order valence-electron chi connectivity index (χ2n) is 4.17. The Bertz CT molecular complexity index is 326. The van der Waals surface area contributed by atoms with Crippen LogP contribution < -0.4 is 11.1 Å². The number of nitrogens with one attached hydrogen (secondary N) is 1. The number of amides is 1. The van der Waals surface area contributed by atoms with Gasteiger partial charge in [-0.1, -0.05) is 6.42 Å². The average Bonchev–Trinajstić information content (AvgIpc) is 2.48. The molecule has 0 aromatic rings. The summed E-state index contributed by atoms with van der Waals surface area (Å²) in [6, 6.07) is 0.0595. The second-order valence-corrected chi connectivity index (χ2v) is 6.31. The molecule has 5 nitrogen and oxygen atoms in total. The Balaban J connectivity index is 2.44. The van der Waals surface area contributed by atoms with E-state index in [0.29, 0.717) is 12.5 Å². The number of rotatable bonds is 4. The molecule has 6 heteroatoms. The van der Waals surface area contributed by atoms with Crippen molar-refractivity contribution in [3.8, 4) is 0 Å². The van der Waals surface area contributed by atoms with Gasteiger partial charge >= 0.3 is 0 Å². The lowest BCUT2D eigenvalue weighted by molar-refractivity contribution is -0.119. The normalized spacial score (nSPS) is 26.5. The summed E-state index contributed by atoms with van der Waals surface area (Å²) in [5.41, 5.74) is 5.56. The van der Waals surface area contributed by atoms with Crippen LogP contribution in [0.15, 0.2) is 0 Å². The lowest BCUT2D eigenvalue weighted by Gasteiger charge is -2.19. The largest absolute Gasteiger partial charge is 0.352 e. The number of carbonyl (C=O) groups excluding carboxylic acids is 1. The first-order valence-corrected chi connectivity index (χ1v) is 7.15. The predicted octanol–water partition coefficient (Wildman–Crippen LogP) is -0.725. The summed E-state index contributed by atoms with van der Waals surface area (Å²) in [5.74, 6) is -0.544. The van der Waals surface area contributed by atoms with Crippen LogP contribution in [0.25, 0.3) is 0 Å². The lowest BCUT2D eigenvalue weighted by Crippen LogP contribution is -2.42. The lowest BCUT2D eigenvalue weighted by atomic mass is 10.0. The molecule has 0 heterocycles. The molecule has 15 heavy (non-hydrogen) atoms. The molecule has 1 fully saturated rings. The number of carbonyl (C=O) groups is 1. The molecule has 0 aliphatic heterocycles. The van der Waals surface area contributed by atoms with E-state index in [-0.39, 0.29) is 6.04 Å². The SMILES string of the molecule is CS(=O)(=O)CC(=O)NC1CCCC1CN. The third-order valence-electron chi connectivity index (χ3n) is 2.70. The number of nitrogens with two attached hydrogens (primary N) is 1. The first-order valence-electron chi connectivity index (χ1n) is 5.09. The van der Waals surface area contributed by atoms with Crippen LogP contribution in [-0.4, -0.2) is 38.9 Å². The fraction of sp³-hybridized carbons (Fsp3) is 0.889. The molecule has 0 spiro atoms. The molecule has 1 aliphatic rings. The van der Waals surface area contributed by atoms with Gasteiger partial charge in [-0.05, 0) is 25.3 Å². The minimum atomic E-state index is -3.23. The smallest absolute Gasteiger partial charge is 0.235 e. The predicted molar refractivity (Wildman–Crippen MR) is 58.0 cm³/mol. The summed E-state index contributed by atoms with van der Waals surface area (Å²) < 4.78 is 21.8. The third kappa shape index (κ3) is 4.17. The summed E-state index contributed by atoms with van der Waals surface area (Å²) in [4.78, 5) is 11.3. The maximum Gasteiger partial charge on any atom is 0.235 e. The summed E-state index contributed by atoms with van der Waals surface area (Å²) in [5, 5.41) is 2.74. The summed E-state index contributed by atoms with van der Waals surface area (Å²) in [6.07, 6.45) is 4.02. The van der Waals surface area contributed by atoms with Gasteiger partial charge < -0.3 is 11.1 Å². The molecular weight excluding hydrogens is 216 g/mol. The van der Waals surface area contributed by atoms with Gasteiger partial charge in [0, 0.05) is 12.3 Å². The van der Waals surface area contributed by atoms with E-state index in [1.165, 1.54) is 0 Å². The molecule has 0 saturated heterocycles. The molecule has 0 radical (unpaired) electrons. The number of hydrogen-bond donors (Lipinski definition) is 2. The van der Waals surface area contributed by atoms with E-state index < -0.39 is 21.5 Å². The summed E-state index contributed by atoms with van der Waals surface area (Å²) in [7, 11) is -3.23. The van der Waals surface area contributed by atoms with Crippen LogP contribution >= 0.6 is 0 Å². The van der Waals surface area contributed by atoms with E-state index in [0.717, 1.165) is 25.5 Å². The summed E-state index contributed by atoms with van der Waals surface area (Å²) in [6.45, 7) is 0.545. The quantitative estimate of drug-likeness (QED) is 0.671. The number of hydrogen-bond acceptors (Lipinski definition) is 4. The van der Waals surface area contributed by atoms with Crippen LogP contribution in [-0.2, 0) is 14.6 Å². The zero-order chi connectivity index (χ0) is 11.5. The standard InChI is InChI=1S/C9H18N2O3S/c1-15(13,14)6-9(12)11-8-4-2-3-7(8)5-10/h7-8H,2-6,10H2,1H3,(H,11,12). The van der Waals surface area contributed by atoms with Gasteiger partial charge in [0.15, 0.2) is 9.84 Å². The Morgan fingerprint density at radius 3 is 2.67 bits per heavy atom. The fourth-order valence-electron chi connectivity index (χ4n) is 2.00. The molecule has 88 valence electrons. The molecule has 1 saturated carbocycles. The fourth-order valence-corrected chi connectivity index (χ4v) is 2.56. The Hall–Kier alpha value is -0.620. The van der Waals surface area contributed by atoms with Gasteiger partial charge in [-0.3, -0.25) is 4.79 Å². The van der Waals surface area contributed by atoms with Crippen LogP contribution in [0, 0.1) is 5.92 Å². The maximum atomic E-state index is 11.3. The Labute approximate surface area is 90.3 Å². The minimum Gasteiger partial charge on any atom is -0.352 e. The molecule has 2 unspecified atom stereocenters. The van der Waals surface area contributed by atoms with Crippen molar-refractivity contribution in [3.05, 3.63) is 0 Å². The third-order valence-corrected chi connectivity index (χ3v) is 3.49. The van der Waals surface area contributed by atoms with Crippen molar-refractivity contribution < 1.29 is 13.2 Å². The van der Waals surface area contributed by atoms with Gasteiger partial charge in [0.25, 0.3) is 0 Å². The molecule has 0 bridgehead atoms. The van der Waals surface area contributed by atoms with Crippen LogP contribution in [0.2, 0.25) is 0 Å². The highest BCUT2D eigenvalue weighted by molar-refractivity contribution is 7.91. The van der Waals surface area contributed by atoms with Crippen LogP contribution in [0.1, 0.15) is 19.3 Å². The topological polar surface area (TPSA) is 89.3 Å². The van der Waals surface area contributed by atoms with E-state index in [9.17, 15) is 13.2 Å². The van der Waals surface area contributed by atoms with Crippen molar-refractivity contribution in [2.24, 2.45) is 11.7 Å². The molecule has 1 aliphatic carbocycles. The summed E-state index contributed by atoms with van der Waals surface area (Å²) >= 11 is 0. The van der Waals surface area contributed by atoms with Gasteiger partial charge in [-0.2, -0.15) is 0 Å². The van der Waals surface area contributed by atoms with Crippen molar-refractivity contribution in [2.75, 3.05) is 18.6 Å². The molecule has 0 aromatic heterocycles. The Morgan fingerprint density at radius 1 is 1.47 bits per heavy atom. The first-order chi connectivity index (χ1) is 6.92. The highest BCUT2D eigenvalue weighted by Gasteiger charge is 2.27. The second kappa shape index (κ2) is 4.94. The Morgan fingerprint density at radius 2 is 2.13 bits per heavy atom. The van der Waals surface area contributed by atoms with Crippen LogP contribution in [0.5, 0.6) is 0 Å². The van der Waals surface area contributed by atoms with Crippen molar-refractivity contribution >= 4 is 15.7 Å². The molecule has 1 rings (SSSR count). The zero-order valence-electron chi connectivity index (χ0n) is 8.90. The van der Waals surface area contributed by atoms with Crippen molar-refractivity contribution in [2.45, 2.75) is 25.3 Å². The van der Waals surface area contributed by atoms with Gasteiger partial charge in [0.05, 0.1) is 0 Å². The zero-order valence-corrected chi connectivity index (χ0v) is 9.72. The van der Waals surface area contributed by atoms with E-state index >= 15 is 0 Å². The molecular formula is C9H18N2O3S. The van der Waals surface area contributed by atoms with Crippen molar-refractivity contribution in [1.82, 2.24) is 5.32 Å².